The Labute approximate surface area is 123 Å². The molecule has 1 amide bonds. The second-order valence-corrected chi connectivity index (χ2v) is 6.56. The van der Waals surface area contributed by atoms with E-state index in [1.54, 1.807) is 0 Å². The van der Waals surface area contributed by atoms with E-state index in [0.717, 1.165) is 35.7 Å². The molecule has 0 heterocycles. The first-order valence-corrected chi connectivity index (χ1v) is 7.59. The van der Waals surface area contributed by atoms with E-state index in [-0.39, 0.29) is 17.4 Å². The van der Waals surface area contributed by atoms with Crippen LogP contribution in [-0.4, -0.2) is 11.4 Å². The number of carbonyl (C=O) groups is 1. The van der Waals surface area contributed by atoms with Gasteiger partial charge in [0, 0.05) is 16.6 Å². The zero-order valence-electron chi connectivity index (χ0n) is 11.3. The topological polar surface area (TPSA) is 55.1 Å². The van der Waals surface area contributed by atoms with Gasteiger partial charge in [0.25, 0.3) is 0 Å². The minimum atomic E-state index is -0.359. The molecular formula is C15H21BrN2O. The fourth-order valence-corrected chi connectivity index (χ4v) is 2.97. The SMILES string of the molecule is CC1(N)CCCCC1C(=O)NCc1ccc(Br)cc1. The van der Waals surface area contributed by atoms with Crippen LogP contribution in [0.5, 0.6) is 0 Å². The van der Waals surface area contributed by atoms with Gasteiger partial charge in [0.15, 0.2) is 0 Å². The molecule has 3 nitrogen and oxygen atoms in total. The van der Waals surface area contributed by atoms with Gasteiger partial charge in [0.1, 0.15) is 0 Å². The third-order valence-electron chi connectivity index (χ3n) is 3.95. The van der Waals surface area contributed by atoms with Crippen molar-refractivity contribution in [1.29, 1.82) is 0 Å². The highest BCUT2D eigenvalue weighted by Gasteiger charge is 2.37. The summed E-state index contributed by atoms with van der Waals surface area (Å²) < 4.78 is 1.05. The van der Waals surface area contributed by atoms with Crippen LogP contribution in [0.15, 0.2) is 28.7 Å². The number of hydrogen-bond acceptors (Lipinski definition) is 2. The van der Waals surface area contributed by atoms with Crippen LogP contribution in [0.4, 0.5) is 0 Å². The quantitative estimate of drug-likeness (QED) is 0.898. The van der Waals surface area contributed by atoms with Crippen molar-refractivity contribution in [3.63, 3.8) is 0 Å². The third-order valence-corrected chi connectivity index (χ3v) is 4.48. The molecule has 0 radical (unpaired) electrons. The first-order chi connectivity index (χ1) is 8.99. The van der Waals surface area contributed by atoms with Crippen LogP contribution in [0, 0.1) is 5.92 Å². The van der Waals surface area contributed by atoms with E-state index in [2.05, 4.69) is 21.2 Å². The third kappa shape index (κ3) is 3.80. The normalized spacial score (nSPS) is 27.0. The summed E-state index contributed by atoms with van der Waals surface area (Å²) in [5.74, 6) is 0.0318. The summed E-state index contributed by atoms with van der Waals surface area (Å²) in [6.45, 7) is 2.56. The van der Waals surface area contributed by atoms with Crippen LogP contribution in [0.2, 0.25) is 0 Å². The molecule has 19 heavy (non-hydrogen) atoms. The Morgan fingerprint density at radius 2 is 2.11 bits per heavy atom. The predicted molar refractivity (Wildman–Crippen MR) is 80.5 cm³/mol. The fourth-order valence-electron chi connectivity index (χ4n) is 2.70. The highest BCUT2D eigenvalue weighted by molar-refractivity contribution is 9.10. The van der Waals surface area contributed by atoms with Gasteiger partial charge in [-0.25, -0.2) is 0 Å². The zero-order chi connectivity index (χ0) is 13.9. The van der Waals surface area contributed by atoms with E-state index < -0.39 is 0 Å². The van der Waals surface area contributed by atoms with Crippen molar-refractivity contribution in [2.24, 2.45) is 11.7 Å². The van der Waals surface area contributed by atoms with E-state index in [1.807, 2.05) is 31.2 Å². The van der Waals surface area contributed by atoms with E-state index >= 15 is 0 Å². The molecule has 1 aromatic rings. The van der Waals surface area contributed by atoms with Crippen LogP contribution in [0.25, 0.3) is 0 Å². The average molecular weight is 325 g/mol. The molecule has 1 saturated carbocycles. The van der Waals surface area contributed by atoms with Gasteiger partial charge in [0.05, 0.1) is 5.92 Å². The Morgan fingerprint density at radius 3 is 2.74 bits per heavy atom. The monoisotopic (exact) mass is 324 g/mol. The summed E-state index contributed by atoms with van der Waals surface area (Å²) in [6, 6.07) is 7.98. The lowest BCUT2D eigenvalue weighted by Gasteiger charge is -2.37. The first-order valence-electron chi connectivity index (χ1n) is 6.80. The van der Waals surface area contributed by atoms with E-state index in [1.165, 1.54) is 0 Å². The van der Waals surface area contributed by atoms with Gasteiger partial charge in [-0.1, -0.05) is 40.9 Å². The van der Waals surface area contributed by atoms with Crippen molar-refractivity contribution in [3.8, 4) is 0 Å². The number of rotatable bonds is 3. The number of nitrogens with one attached hydrogen (secondary N) is 1. The van der Waals surface area contributed by atoms with Gasteiger partial charge in [-0.15, -0.1) is 0 Å². The van der Waals surface area contributed by atoms with Crippen LogP contribution in [0.1, 0.15) is 38.2 Å². The molecule has 3 N–H and O–H groups in total. The maximum atomic E-state index is 12.3. The number of carbonyl (C=O) groups excluding carboxylic acids is 1. The molecule has 2 unspecified atom stereocenters. The Hall–Kier alpha value is -0.870. The standard InChI is InChI=1S/C15H21BrN2O/c1-15(17)9-3-2-4-13(15)14(19)18-10-11-5-7-12(16)8-6-11/h5-8,13H,2-4,9-10,17H2,1H3,(H,18,19). The summed E-state index contributed by atoms with van der Waals surface area (Å²) >= 11 is 3.40. The number of amides is 1. The van der Waals surface area contributed by atoms with Gasteiger partial charge in [0.2, 0.25) is 5.91 Å². The maximum Gasteiger partial charge on any atom is 0.225 e. The van der Waals surface area contributed by atoms with Gasteiger partial charge in [-0.2, -0.15) is 0 Å². The molecule has 0 aliphatic heterocycles. The average Bonchev–Trinajstić information content (AvgIpc) is 2.37. The van der Waals surface area contributed by atoms with Crippen molar-refractivity contribution in [2.45, 2.75) is 44.7 Å². The molecule has 0 spiro atoms. The van der Waals surface area contributed by atoms with Gasteiger partial charge in [-0.05, 0) is 37.5 Å². The number of halogens is 1. The lowest BCUT2D eigenvalue weighted by molar-refractivity contribution is -0.128. The van der Waals surface area contributed by atoms with Crippen molar-refractivity contribution >= 4 is 21.8 Å². The summed E-state index contributed by atoms with van der Waals surface area (Å²) in [7, 11) is 0. The lowest BCUT2D eigenvalue weighted by atomic mass is 9.74. The minimum absolute atomic E-state index is 0.0586. The molecule has 4 heteroatoms. The highest BCUT2D eigenvalue weighted by atomic mass is 79.9. The Morgan fingerprint density at radius 1 is 1.42 bits per heavy atom. The second-order valence-electron chi connectivity index (χ2n) is 5.65. The Balaban J connectivity index is 1.92. The van der Waals surface area contributed by atoms with E-state index in [9.17, 15) is 4.79 Å². The molecule has 0 saturated heterocycles. The Kier molecular flexibility index (Phi) is 4.63. The summed E-state index contributed by atoms with van der Waals surface area (Å²) in [4.78, 5) is 12.3. The van der Waals surface area contributed by atoms with Crippen molar-refractivity contribution in [3.05, 3.63) is 34.3 Å². The molecule has 1 aliphatic carbocycles. The van der Waals surface area contributed by atoms with Gasteiger partial charge < -0.3 is 11.1 Å². The predicted octanol–water partition coefficient (Wildman–Crippen LogP) is 2.97. The molecule has 0 aromatic heterocycles. The summed E-state index contributed by atoms with van der Waals surface area (Å²) in [6.07, 6.45) is 4.06. The summed E-state index contributed by atoms with van der Waals surface area (Å²) in [5.41, 5.74) is 6.99. The second kappa shape index (κ2) is 6.06. The van der Waals surface area contributed by atoms with Crippen LogP contribution < -0.4 is 11.1 Å². The molecule has 1 aromatic carbocycles. The lowest BCUT2D eigenvalue weighted by Crippen LogP contribution is -2.52. The maximum absolute atomic E-state index is 12.3. The van der Waals surface area contributed by atoms with Gasteiger partial charge in [-0.3, -0.25) is 4.79 Å². The van der Waals surface area contributed by atoms with Crippen molar-refractivity contribution < 1.29 is 4.79 Å². The largest absolute Gasteiger partial charge is 0.352 e. The van der Waals surface area contributed by atoms with Crippen LogP contribution >= 0.6 is 15.9 Å². The fraction of sp³-hybridized carbons (Fsp3) is 0.533. The van der Waals surface area contributed by atoms with E-state index in [4.69, 9.17) is 5.73 Å². The Bertz CT molecular complexity index is 442. The molecule has 1 fully saturated rings. The molecule has 104 valence electrons. The number of benzene rings is 1. The molecule has 0 bridgehead atoms. The van der Waals surface area contributed by atoms with Gasteiger partial charge >= 0.3 is 0 Å². The number of hydrogen-bond donors (Lipinski definition) is 2. The molecule has 2 rings (SSSR count). The van der Waals surface area contributed by atoms with E-state index in [0.29, 0.717) is 6.54 Å². The van der Waals surface area contributed by atoms with Crippen LogP contribution in [0.3, 0.4) is 0 Å². The van der Waals surface area contributed by atoms with Crippen molar-refractivity contribution in [2.75, 3.05) is 0 Å². The molecular weight excluding hydrogens is 304 g/mol. The highest BCUT2D eigenvalue weighted by Crippen LogP contribution is 2.31. The smallest absolute Gasteiger partial charge is 0.225 e. The van der Waals surface area contributed by atoms with Crippen molar-refractivity contribution in [1.82, 2.24) is 5.32 Å². The first kappa shape index (κ1) is 14.5. The molecule has 2 atom stereocenters. The summed E-state index contributed by atoms with van der Waals surface area (Å²) in [5, 5.41) is 3.01. The zero-order valence-corrected chi connectivity index (χ0v) is 12.9. The minimum Gasteiger partial charge on any atom is -0.352 e. The number of nitrogens with two attached hydrogens (primary N) is 1. The van der Waals surface area contributed by atoms with Crippen LogP contribution in [-0.2, 0) is 11.3 Å². The molecule has 1 aliphatic rings.